The van der Waals surface area contributed by atoms with Crippen LogP contribution >= 0.6 is 12.2 Å². The van der Waals surface area contributed by atoms with Crippen molar-refractivity contribution in [3.05, 3.63) is 35.4 Å². The van der Waals surface area contributed by atoms with Crippen LogP contribution in [0.2, 0.25) is 0 Å². The molecule has 0 amide bonds. The van der Waals surface area contributed by atoms with Crippen LogP contribution in [0, 0.1) is 0 Å². The first kappa shape index (κ1) is 11.8. The summed E-state index contributed by atoms with van der Waals surface area (Å²) in [6.45, 7) is 0.0375. The van der Waals surface area contributed by atoms with E-state index in [1.807, 2.05) is 12.1 Å². The quantitative estimate of drug-likeness (QED) is 0.618. The van der Waals surface area contributed by atoms with E-state index in [2.05, 4.69) is 0 Å². The highest BCUT2D eigenvalue weighted by atomic mass is 32.1. The van der Waals surface area contributed by atoms with Gasteiger partial charge in [-0.15, -0.1) is 0 Å². The van der Waals surface area contributed by atoms with Crippen molar-refractivity contribution in [1.82, 2.24) is 0 Å². The molecule has 0 saturated carbocycles. The second-order valence-corrected chi connectivity index (χ2v) is 3.53. The molecule has 80 valence electrons. The molecule has 2 N–H and O–H groups in total. The molecule has 0 fully saturated rings. The van der Waals surface area contributed by atoms with Gasteiger partial charge in [-0.05, 0) is 17.8 Å². The van der Waals surface area contributed by atoms with Gasteiger partial charge < -0.3 is 10.5 Å². The summed E-state index contributed by atoms with van der Waals surface area (Å²) >= 11 is 4.94. The van der Waals surface area contributed by atoms with Crippen molar-refractivity contribution < 1.29 is 9.53 Å². The second kappa shape index (κ2) is 5.58. The number of rotatable bonds is 4. The van der Waals surface area contributed by atoms with Gasteiger partial charge >= 0.3 is 0 Å². The minimum Gasteiger partial charge on any atom is -0.490 e. The van der Waals surface area contributed by atoms with Gasteiger partial charge in [0.1, 0.15) is 0 Å². The van der Waals surface area contributed by atoms with Crippen molar-refractivity contribution in [2.24, 2.45) is 5.73 Å². The molecule has 1 aromatic carbocycles. The fourth-order valence-corrected chi connectivity index (χ4v) is 1.33. The number of hydrogen-bond donors (Lipinski definition) is 1. The van der Waals surface area contributed by atoms with Gasteiger partial charge in [-0.1, -0.05) is 24.3 Å². The Labute approximate surface area is 94.2 Å². The molecule has 0 radical (unpaired) electrons. The van der Waals surface area contributed by atoms with Crippen LogP contribution in [0.25, 0.3) is 0 Å². The zero-order valence-electron chi connectivity index (χ0n) is 8.53. The van der Waals surface area contributed by atoms with E-state index >= 15 is 0 Å². The van der Waals surface area contributed by atoms with Crippen LogP contribution in [-0.4, -0.2) is 24.5 Å². The molecule has 0 saturated heterocycles. The van der Waals surface area contributed by atoms with Crippen molar-refractivity contribution in [2.45, 2.75) is 6.42 Å². The summed E-state index contributed by atoms with van der Waals surface area (Å²) in [5.41, 5.74) is 6.91. The van der Waals surface area contributed by atoms with Crippen LogP contribution in [0.15, 0.2) is 24.3 Å². The zero-order chi connectivity index (χ0) is 11.3. The Morgan fingerprint density at radius 1 is 1.40 bits per heavy atom. The average molecular weight is 223 g/mol. The van der Waals surface area contributed by atoms with E-state index in [0.29, 0.717) is 17.0 Å². The number of Topliss-reactive ketones (excluding diaryl/α,β-unsaturated/α-hetero) is 1. The summed E-state index contributed by atoms with van der Waals surface area (Å²) < 4.78 is 4.90. The first-order valence-corrected chi connectivity index (χ1v) is 4.97. The van der Waals surface area contributed by atoms with E-state index in [1.165, 1.54) is 0 Å². The number of benzene rings is 1. The molecule has 0 bridgehead atoms. The van der Waals surface area contributed by atoms with E-state index in [0.717, 1.165) is 5.56 Å². The molecule has 1 aromatic rings. The first-order chi connectivity index (χ1) is 7.17. The smallest absolute Gasteiger partial charge is 0.176 e. The van der Waals surface area contributed by atoms with E-state index < -0.39 is 0 Å². The zero-order valence-corrected chi connectivity index (χ0v) is 9.34. The van der Waals surface area contributed by atoms with Crippen molar-refractivity contribution in [3.8, 4) is 0 Å². The maximum Gasteiger partial charge on any atom is 0.176 e. The maximum atomic E-state index is 11.2. The van der Waals surface area contributed by atoms with Crippen LogP contribution in [0.4, 0.5) is 0 Å². The molecule has 3 nitrogen and oxygen atoms in total. The van der Waals surface area contributed by atoms with Crippen LogP contribution in [0.3, 0.4) is 0 Å². The van der Waals surface area contributed by atoms with Crippen LogP contribution in [-0.2, 0) is 11.2 Å². The van der Waals surface area contributed by atoms with Gasteiger partial charge in [0.2, 0.25) is 0 Å². The number of thiocarbonyl (C=S) groups is 1. The molecule has 0 aromatic heterocycles. The number of carbonyl (C=O) groups excluding carboxylic acids is 1. The molecule has 1 rings (SSSR count). The SMILES string of the molecule is COC(=S)Cc1ccc(C(=O)CN)cc1. The van der Waals surface area contributed by atoms with Gasteiger partial charge in [0.15, 0.2) is 10.8 Å². The molecule has 0 aliphatic heterocycles. The number of nitrogens with two attached hydrogens (primary N) is 1. The highest BCUT2D eigenvalue weighted by molar-refractivity contribution is 7.80. The van der Waals surface area contributed by atoms with E-state index in [9.17, 15) is 4.79 Å². The van der Waals surface area contributed by atoms with Gasteiger partial charge in [0, 0.05) is 12.0 Å². The van der Waals surface area contributed by atoms with Gasteiger partial charge in [-0.3, -0.25) is 4.79 Å². The summed E-state index contributed by atoms with van der Waals surface area (Å²) in [5.74, 6) is -0.0594. The fourth-order valence-electron chi connectivity index (χ4n) is 1.17. The molecule has 0 aliphatic carbocycles. The fraction of sp³-hybridized carbons (Fsp3) is 0.273. The highest BCUT2D eigenvalue weighted by Gasteiger charge is 2.03. The van der Waals surface area contributed by atoms with Gasteiger partial charge in [-0.2, -0.15) is 0 Å². The third-order valence-electron chi connectivity index (χ3n) is 2.04. The van der Waals surface area contributed by atoms with E-state index in [-0.39, 0.29) is 12.3 Å². The largest absolute Gasteiger partial charge is 0.490 e. The Kier molecular flexibility index (Phi) is 4.39. The molecule has 0 atom stereocenters. The molecular weight excluding hydrogens is 210 g/mol. The molecule has 0 unspecified atom stereocenters. The Bertz CT molecular complexity index is 359. The minimum atomic E-state index is -0.0594. The predicted molar refractivity (Wildman–Crippen MR) is 63.1 cm³/mol. The molecular formula is C11H13NO2S. The number of ether oxygens (including phenoxy) is 1. The van der Waals surface area contributed by atoms with Crippen LogP contribution < -0.4 is 5.73 Å². The number of methoxy groups -OCH3 is 1. The molecule has 0 heterocycles. The minimum absolute atomic E-state index is 0.0375. The van der Waals surface area contributed by atoms with Crippen LogP contribution in [0.1, 0.15) is 15.9 Å². The summed E-state index contributed by atoms with van der Waals surface area (Å²) in [6, 6.07) is 7.22. The lowest BCUT2D eigenvalue weighted by Crippen LogP contribution is -2.13. The Hall–Kier alpha value is -1.26. The summed E-state index contributed by atoms with van der Waals surface area (Å²) in [5, 5.41) is 0.535. The number of ketones is 1. The van der Waals surface area contributed by atoms with Crippen molar-refractivity contribution in [2.75, 3.05) is 13.7 Å². The molecule has 0 spiro atoms. The lowest BCUT2D eigenvalue weighted by Gasteiger charge is -2.03. The highest BCUT2D eigenvalue weighted by Crippen LogP contribution is 2.06. The standard InChI is InChI=1S/C11H13NO2S/c1-14-11(15)6-8-2-4-9(5-3-8)10(13)7-12/h2-5H,6-7,12H2,1H3. The lowest BCUT2D eigenvalue weighted by atomic mass is 10.1. The third-order valence-corrected chi connectivity index (χ3v) is 2.35. The second-order valence-electron chi connectivity index (χ2n) is 3.08. The molecule has 0 aliphatic rings. The van der Waals surface area contributed by atoms with E-state index in [4.69, 9.17) is 22.7 Å². The monoisotopic (exact) mass is 223 g/mol. The number of carbonyl (C=O) groups is 1. The Morgan fingerprint density at radius 3 is 2.47 bits per heavy atom. The topological polar surface area (TPSA) is 52.3 Å². The summed E-state index contributed by atoms with van der Waals surface area (Å²) in [4.78, 5) is 11.2. The van der Waals surface area contributed by atoms with Crippen molar-refractivity contribution in [1.29, 1.82) is 0 Å². The van der Waals surface area contributed by atoms with Gasteiger partial charge in [0.25, 0.3) is 0 Å². The van der Waals surface area contributed by atoms with E-state index in [1.54, 1.807) is 19.2 Å². The average Bonchev–Trinajstić information content (AvgIpc) is 2.29. The van der Waals surface area contributed by atoms with Crippen LogP contribution in [0.5, 0.6) is 0 Å². The summed E-state index contributed by atoms with van der Waals surface area (Å²) in [6.07, 6.45) is 0.586. The molecule has 4 heteroatoms. The Balaban J connectivity index is 2.72. The van der Waals surface area contributed by atoms with Gasteiger partial charge in [-0.25, -0.2) is 0 Å². The Morgan fingerprint density at radius 2 is 2.00 bits per heavy atom. The number of hydrogen-bond acceptors (Lipinski definition) is 4. The predicted octanol–water partition coefficient (Wildman–Crippen LogP) is 1.34. The lowest BCUT2D eigenvalue weighted by molar-refractivity contribution is 0.100. The maximum absolute atomic E-state index is 11.2. The summed E-state index contributed by atoms with van der Waals surface area (Å²) in [7, 11) is 1.55. The molecule has 15 heavy (non-hydrogen) atoms. The first-order valence-electron chi connectivity index (χ1n) is 4.56. The van der Waals surface area contributed by atoms with Crippen molar-refractivity contribution >= 4 is 23.1 Å². The normalized spacial score (nSPS) is 9.73. The van der Waals surface area contributed by atoms with Gasteiger partial charge in [0.05, 0.1) is 13.7 Å². The third kappa shape index (κ3) is 3.42. The van der Waals surface area contributed by atoms with Crippen molar-refractivity contribution in [3.63, 3.8) is 0 Å².